The highest BCUT2D eigenvalue weighted by atomic mass is 16.5. The smallest absolute Gasteiger partial charge is 0.306 e. The summed E-state index contributed by atoms with van der Waals surface area (Å²) >= 11 is 0. The topological polar surface area (TPSA) is 26.3 Å². The molecular weight excluding hydrogens is 140 g/mol. The second-order valence-electron chi connectivity index (χ2n) is 2.44. The van der Waals surface area contributed by atoms with Gasteiger partial charge in [-0.25, -0.2) is 0 Å². The summed E-state index contributed by atoms with van der Waals surface area (Å²) in [6.45, 7) is 6.29. The Labute approximate surface area is 68.2 Å². The van der Waals surface area contributed by atoms with E-state index in [-0.39, 0.29) is 5.97 Å². The number of allylic oxidation sites excluding steroid dienone is 2. The molecule has 0 N–H and O–H groups in total. The normalized spacial score (nSPS) is 11.4. The van der Waals surface area contributed by atoms with Crippen LogP contribution in [-0.4, -0.2) is 12.6 Å². The molecule has 0 fully saturated rings. The van der Waals surface area contributed by atoms with E-state index in [0.717, 1.165) is 6.42 Å². The average molecular weight is 156 g/mol. The van der Waals surface area contributed by atoms with Gasteiger partial charge in [0.2, 0.25) is 0 Å². The molecule has 0 aromatic rings. The van der Waals surface area contributed by atoms with Crippen LogP contribution < -0.4 is 0 Å². The Balaban J connectivity index is 3.46. The highest BCUT2D eigenvalue weighted by Gasteiger charge is 2.00. The predicted octanol–water partition coefficient (Wildman–Crippen LogP) is 2.30. The SMILES string of the molecule is CC=C(C)CCC(=O)OCC. The van der Waals surface area contributed by atoms with Crippen LogP contribution in [0.1, 0.15) is 33.6 Å². The minimum Gasteiger partial charge on any atom is -0.466 e. The lowest BCUT2D eigenvalue weighted by molar-refractivity contribution is -0.143. The van der Waals surface area contributed by atoms with Gasteiger partial charge >= 0.3 is 5.97 Å². The molecule has 0 saturated heterocycles. The number of carbonyl (C=O) groups is 1. The maximum Gasteiger partial charge on any atom is 0.306 e. The minimum atomic E-state index is -0.103. The molecule has 0 saturated carbocycles. The Morgan fingerprint density at radius 2 is 2.09 bits per heavy atom. The van der Waals surface area contributed by atoms with Gasteiger partial charge in [0.15, 0.2) is 0 Å². The molecule has 0 aliphatic heterocycles. The quantitative estimate of drug-likeness (QED) is 0.461. The van der Waals surface area contributed by atoms with E-state index in [0.29, 0.717) is 13.0 Å². The van der Waals surface area contributed by atoms with Crippen molar-refractivity contribution in [1.29, 1.82) is 0 Å². The molecule has 0 radical (unpaired) electrons. The van der Waals surface area contributed by atoms with Crippen LogP contribution in [-0.2, 0) is 9.53 Å². The van der Waals surface area contributed by atoms with Gasteiger partial charge < -0.3 is 4.74 Å². The van der Waals surface area contributed by atoms with Crippen molar-refractivity contribution in [2.75, 3.05) is 6.61 Å². The summed E-state index contributed by atoms with van der Waals surface area (Å²) in [6.07, 6.45) is 3.33. The Bertz CT molecular complexity index is 148. The number of rotatable bonds is 4. The standard InChI is InChI=1S/C9H16O2/c1-4-8(3)6-7-9(10)11-5-2/h4H,5-7H2,1-3H3. The van der Waals surface area contributed by atoms with Gasteiger partial charge in [-0.3, -0.25) is 4.79 Å². The van der Waals surface area contributed by atoms with Crippen molar-refractivity contribution in [1.82, 2.24) is 0 Å². The fraction of sp³-hybridized carbons (Fsp3) is 0.667. The first-order valence-corrected chi connectivity index (χ1v) is 3.98. The van der Waals surface area contributed by atoms with E-state index in [9.17, 15) is 4.79 Å². The zero-order valence-corrected chi connectivity index (χ0v) is 7.52. The monoisotopic (exact) mass is 156 g/mol. The summed E-state index contributed by atoms with van der Waals surface area (Å²) in [5.41, 5.74) is 1.23. The second-order valence-corrected chi connectivity index (χ2v) is 2.44. The first-order chi connectivity index (χ1) is 5.20. The van der Waals surface area contributed by atoms with Crippen molar-refractivity contribution >= 4 is 5.97 Å². The van der Waals surface area contributed by atoms with E-state index in [2.05, 4.69) is 0 Å². The largest absolute Gasteiger partial charge is 0.466 e. The number of hydrogen-bond donors (Lipinski definition) is 0. The molecule has 0 aliphatic rings. The lowest BCUT2D eigenvalue weighted by Crippen LogP contribution is -2.03. The van der Waals surface area contributed by atoms with E-state index in [1.54, 1.807) is 0 Å². The summed E-state index contributed by atoms with van der Waals surface area (Å²) in [7, 11) is 0. The zero-order valence-electron chi connectivity index (χ0n) is 7.52. The van der Waals surface area contributed by atoms with E-state index in [1.807, 2.05) is 26.8 Å². The van der Waals surface area contributed by atoms with Crippen LogP contribution in [0.2, 0.25) is 0 Å². The van der Waals surface area contributed by atoms with E-state index >= 15 is 0 Å². The van der Waals surface area contributed by atoms with E-state index < -0.39 is 0 Å². The number of carbonyl (C=O) groups excluding carboxylic acids is 1. The van der Waals surface area contributed by atoms with Crippen molar-refractivity contribution in [3.05, 3.63) is 11.6 Å². The molecule has 0 aliphatic carbocycles. The van der Waals surface area contributed by atoms with Gasteiger partial charge in [0.05, 0.1) is 6.61 Å². The molecule has 11 heavy (non-hydrogen) atoms. The van der Waals surface area contributed by atoms with Crippen molar-refractivity contribution in [2.24, 2.45) is 0 Å². The molecule has 0 bridgehead atoms. The zero-order chi connectivity index (χ0) is 8.69. The maximum atomic E-state index is 10.8. The van der Waals surface area contributed by atoms with Gasteiger partial charge in [-0.15, -0.1) is 0 Å². The number of esters is 1. The molecule has 0 heterocycles. The second kappa shape index (κ2) is 5.96. The number of ether oxygens (including phenoxy) is 1. The first-order valence-electron chi connectivity index (χ1n) is 3.98. The van der Waals surface area contributed by atoms with Crippen molar-refractivity contribution in [3.63, 3.8) is 0 Å². The summed E-state index contributed by atoms with van der Waals surface area (Å²) < 4.78 is 4.77. The van der Waals surface area contributed by atoms with Crippen molar-refractivity contribution in [3.8, 4) is 0 Å². The molecule has 0 rings (SSSR count). The molecule has 0 amide bonds. The third-order valence-corrected chi connectivity index (χ3v) is 1.52. The molecule has 0 unspecified atom stereocenters. The van der Waals surface area contributed by atoms with E-state index in [4.69, 9.17) is 4.74 Å². The van der Waals surface area contributed by atoms with Crippen LogP contribution in [0.4, 0.5) is 0 Å². The van der Waals surface area contributed by atoms with Crippen molar-refractivity contribution < 1.29 is 9.53 Å². The molecule has 0 aromatic carbocycles. The Morgan fingerprint density at radius 3 is 2.55 bits per heavy atom. The Morgan fingerprint density at radius 1 is 1.45 bits per heavy atom. The third-order valence-electron chi connectivity index (χ3n) is 1.52. The molecule has 64 valence electrons. The van der Waals surface area contributed by atoms with Crippen molar-refractivity contribution in [2.45, 2.75) is 33.6 Å². The highest BCUT2D eigenvalue weighted by molar-refractivity contribution is 5.69. The van der Waals surface area contributed by atoms with Crippen LogP contribution in [0.3, 0.4) is 0 Å². The lowest BCUT2D eigenvalue weighted by atomic mass is 10.1. The van der Waals surface area contributed by atoms with Gasteiger partial charge in [-0.2, -0.15) is 0 Å². The molecule has 2 nitrogen and oxygen atoms in total. The van der Waals surface area contributed by atoms with Gasteiger partial charge in [-0.05, 0) is 27.2 Å². The highest BCUT2D eigenvalue weighted by Crippen LogP contribution is 2.03. The van der Waals surface area contributed by atoms with Gasteiger partial charge in [0, 0.05) is 6.42 Å². The average Bonchev–Trinajstić information content (AvgIpc) is 2.01. The Kier molecular flexibility index (Phi) is 5.53. The summed E-state index contributed by atoms with van der Waals surface area (Å²) in [5, 5.41) is 0. The minimum absolute atomic E-state index is 0.103. The lowest BCUT2D eigenvalue weighted by Gasteiger charge is -2.00. The molecule has 0 atom stereocenters. The van der Waals surface area contributed by atoms with Crippen LogP contribution in [0, 0.1) is 0 Å². The van der Waals surface area contributed by atoms with Crippen LogP contribution in [0.25, 0.3) is 0 Å². The molecule has 0 spiro atoms. The van der Waals surface area contributed by atoms with Crippen LogP contribution >= 0.6 is 0 Å². The maximum absolute atomic E-state index is 10.8. The molecule has 0 aromatic heterocycles. The summed E-state index contributed by atoms with van der Waals surface area (Å²) in [5.74, 6) is -0.103. The summed E-state index contributed by atoms with van der Waals surface area (Å²) in [4.78, 5) is 10.8. The fourth-order valence-corrected chi connectivity index (χ4v) is 0.677. The van der Waals surface area contributed by atoms with Gasteiger partial charge in [-0.1, -0.05) is 11.6 Å². The first kappa shape index (κ1) is 10.2. The van der Waals surface area contributed by atoms with E-state index in [1.165, 1.54) is 5.57 Å². The summed E-state index contributed by atoms with van der Waals surface area (Å²) in [6, 6.07) is 0. The predicted molar refractivity (Wildman–Crippen MR) is 45.3 cm³/mol. The fourth-order valence-electron chi connectivity index (χ4n) is 0.677. The number of hydrogen-bond acceptors (Lipinski definition) is 2. The van der Waals surface area contributed by atoms with Gasteiger partial charge in [0.1, 0.15) is 0 Å². The third kappa shape index (κ3) is 5.64. The molecular formula is C9H16O2. The Hall–Kier alpha value is -0.790. The molecule has 2 heteroatoms. The van der Waals surface area contributed by atoms with Crippen LogP contribution in [0.5, 0.6) is 0 Å². The van der Waals surface area contributed by atoms with Crippen LogP contribution in [0.15, 0.2) is 11.6 Å². The van der Waals surface area contributed by atoms with Gasteiger partial charge in [0.25, 0.3) is 0 Å².